The third kappa shape index (κ3) is 1.44. The SMILES string of the molecule is N#Cc1cc2c(cn1)OC1(CCNCC1)C2. The number of fused-ring (bicyclic) bond motifs is 1. The first-order valence-electron chi connectivity index (χ1n) is 5.60. The molecule has 1 spiro atoms. The van der Waals surface area contributed by atoms with E-state index >= 15 is 0 Å². The van der Waals surface area contributed by atoms with Crippen molar-refractivity contribution in [1.29, 1.82) is 5.26 Å². The van der Waals surface area contributed by atoms with Crippen molar-refractivity contribution in [2.45, 2.75) is 24.9 Å². The van der Waals surface area contributed by atoms with E-state index in [1.165, 1.54) is 0 Å². The average molecular weight is 215 g/mol. The summed E-state index contributed by atoms with van der Waals surface area (Å²) in [6, 6.07) is 3.92. The van der Waals surface area contributed by atoms with Crippen LogP contribution >= 0.6 is 0 Å². The molecule has 4 heteroatoms. The quantitative estimate of drug-likeness (QED) is 0.701. The zero-order valence-corrected chi connectivity index (χ0v) is 8.99. The van der Waals surface area contributed by atoms with Crippen molar-refractivity contribution in [1.82, 2.24) is 10.3 Å². The molecule has 2 aliphatic rings. The fraction of sp³-hybridized carbons (Fsp3) is 0.500. The molecule has 1 N–H and O–H groups in total. The minimum absolute atomic E-state index is 0.0384. The van der Waals surface area contributed by atoms with E-state index in [9.17, 15) is 0 Å². The normalized spacial score (nSPS) is 21.2. The van der Waals surface area contributed by atoms with E-state index in [0.717, 1.165) is 43.7 Å². The molecule has 2 aliphatic heterocycles. The number of nitriles is 1. The number of pyridine rings is 1. The first kappa shape index (κ1) is 9.61. The van der Waals surface area contributed by atoms with Gasteiger partial charge in [0.1, 0.15) is 23.1 Å². The molecule has 0 radical (unpaired) electrons. The number of hydrogen-bond donors (Lipinski definition) is 1. The molecule has 1 aromatic heterocycles. The Morgan fingerprint density at radius 2 is 2.25 bits per heavy atom. The number of hydrogen-bond acceptors (Lipinski definition) is 4. The van der Waals surface area contributed by atoms with Crippen molar-refractivity contribution in [2.24, 2.45) is 0 Å². The van der Waals surface area contributed by atoms with Gasteiger partial charge in [-0.25, -0.2) is 4.98 Å². The van der Waals surface area contributed by atoms with Gasteiger partial charge in [-0.2, -0.15) is 5.26 Å². The second-order valence-corrected chi connectivity index (χ2v) is 4.50. The van der Waals surface area contributed by atoms with Crippen molar-refractivity contribution < 1.29 is 4.74 Å². The topological polar surface area (TPSA) is 57.9 Å². The first-order valence-corrected chi connectivity index (χ1v) is 5.60. The van der Waals surface area contributed by atoms with Crippen LogP contribution in [-0.2, 0) is 6.42 Å². The van der Waals surface area contributed by atoms with Crippen LogP contribution in [-0.4, -0.2) is 23.7 Å². The molecule has 0 aromatic carbocycles. The molecule has 0 unspecified atom stereocenters. The molecule has 0 bridgehead atoms. The second-order valence-electron chi connectivity index (χ2n) is 4.50. The van der Waals surface area contributed by atoms with Crippen molar-refractivity contribution in [3.63, 3.8) is 0 Å². The Morgan fingerprint density at radius 3 is 3.00 bits per heavy atom. The number of aromatic nitrogens is 1. The molecule has 0 amide bonds. The van der Waals surface area contributed by atoms with Gasteiger partial charge in [-0.15, -0.1) is 0 Å². The lowest BCUT2D eigenvalue weighted by molar-refractivity contribution is 0.0597. The van der Waals surface area contributed by atoms with Gasteiger partial charge in [-0.3, -0.25) is 0 Å². The number of rotatable bonds is 0. The summed E-state index contributed by atoms with van der Waals surface area (Å²) in [5, 5.41) is 12.1. The van der Waals surface area contributed by atoms with Gasteiger partial charge in [0, 0.05) is 12.0 Å². The summed E-state index contributed by atoms with van der Waals surface area (Å²) in [5.74, 6) is 0.862. The molecule has 0 aliphatic carbocycles. The predicted molar refractivity (Wildman–Crippen MR) is 58.1 cm³/mol. The van der Waals surface area contributed by atoms with Gasteiger partial charge in [0.25, 0.3) is 0 Å². The highest BCUT2D eigenvalue weighted by Crippen LogP contribution is 2.39. The lowest BCUT2D eigenvalue weighted by Crippen LogP contribution is -2.45. The van der Waals surface area contributed by atoms with Crippen LogP contribution in [0.5, 0.6) is 5.75 Å². The Kier molecular flexibility index (Phi) is 2.08. The summed E-state index contributed by atoms with van der Waals surface area (Å²) >= 11 is 0. The molecule has 1 fully saturated rings. The fourth-order valence-corrected chi connectivity index (χ4v) is 2.55. The maximum absolute atomic E-state index is 8.81. The molecule has 4 nitrogen and oxygen atoms in total. The monoisotopic (exact) mass is 215 g/mol. The van der Waals surface area contributed by atoms with Crippen molar-refractivity contribution >= 4 is 0 Å². The number of nitrogens with one attached hydrogen (secondary N) is 1. The van der Waals surface area contributed by atoms with Gasteiger partial charge < -0.3 is 10.1 Å². The van der Waals surface area contributed by atoms with Crippen LogP contribution in [0.2, 0.25) is 0 Å². The van der Waals surface area contributed by atoms with E-state index in [1.54, 1.807) is 6.20 Å². The van der Waals surface area contributed by atoms with Crippen LogP contribution in [0.3, 0.4) is 0 Å². The summed E-state index contributed by atoms with van der Waals surface area (Å²) in [6.45, 7) is 2.01. The molecule has 0 atom stereocenters. The smallest absolute Gasteiger partial charge is 0.141 e. The van der Waals surface area contributed by atoms with Crippen molar-refractivity contribution in [2.75, 3.05) is 13.1 Å². The van der Waals surface area contributed by atoms with Crippen LogP contribution in [0, 0.1) is 11.3 Å². The minimum Gasteiger partial charge on any atom is -0.485 e. The third-order valence-electron chi connectivity index (χ3n) is 3.42. The van der Waals surface area contributed by atoms with E-state index in [1.807, 2.05) is 6.07 Å². The van der Waals surface area contributed by atoms with E-state index in [2.05, 4.69) is 16.4 Å². The minimum atomic E-state index is -0.0384. The molecule has 3 rings (SSSR count). The lowest BCUT2D eigenvalue weighted by Gasteiger charge is -2.33. The molecular weight excluding hydrogens is 202 g/mol. The molecule has 0 saturated carbocycles. The van der Waals surface area contributed by atoms with E-state index < -0.39 is 0 Å². The van der Waals surface area contributed by atoms with Crippen LogP contribution in [0.25, 0.3) is 0 Å². The van der Waals surface area contributed by atoms with Gasteiger partial charge in [0.05, 0.1) is 6.20 Å². The first-order chi connectivity index (χ1) is 7.81. The zero-order valence-electron chi connectivity index (χ0n) is 8.99. The van der Waals surface area contributed by atoms with E-state index in [0.29, 0.717) is 5.69 Å². The van der Waals surface area contributed by atoms with Crippen molar-refractivity contribution in [3.05, 3.63) is 23.5 Å². The Balaban J connectivity index is 1.91. The molecule has 1 aromatic rings. The average Bonchev–Trinajstić information content (AvgIpc) is 2.66. The summed E-state index contributed by atoms with van der Waals surface area (Å²) < 4.78 is 6.02. The van der Waals surface area contributed by atoms with Gasteiger partial charge in [0.2, 0.25) is 0 Å². The second kappa shape index (κ2) is 3.46. The van der Waals surface area contributed by atoms with Gasteiger partial charge in [0.15, 0.2) is 0 Å². The zero-order chi connectivity index (χ0) is 11.0. The van der Waals surface area contributed by atoms with Gasteiger partial charge in [-0.1, -0.05) is 0 Å². The highest BCUT2D eigenvalue weighted by molar-refractivity contribution is 5.41. The van der Waals surface area contributed by atoms with Gasteiger partial charge in [-0.05, 0) is 32.0 Å². The summed E-state index contributed by atoms with van der Waals surface area (Å²) in [6.07, 6.45) is 4.67. The predicted octanol–water partition coefficient (Wildman–Crippen LogP) is 1.01. The maximum atomic E-state index is 8.81. The van der Waals surface area contributed by atoms with E-state index in [4.69, 9.17) is 10.00 Å². The molecule has 3 heterocycles. The largest absolute Gasteiger partial charge is 0.485 e. The van der Waals surface area contributed by atoms with Crippen LogP contribution in [0.15, 0.2) is 12.3 Å². The molecule has 1 saturated heterocycles. The molecular formula is C12H13N3O. The highest BCUT2D eigenvalue weighted by atomic mass is 16.5. The highest BCUT2D eigenvalue weighted by Gasteiger charge is 2.40. The fourth-order valence-electron chi connectivity index (χ4n) is 2.55. The summed E-state index contributed by atoms with van der Waals surface area (Å²) in [5.41, 5.74) is 1.57. The Hall–Kier alpha value is -1.60. The van der Waals surface area contributed by atoms with Crippen LogP contribution in [0.4, 0.5) is 0 Å². The van der Waals surface area contributed by atoms with Crippen LogP contribution in [0.1, 0.15) is 24.1 Å². The molecule has 16 heavy (non-hydrogen) atoms. The Morgan fingerprint density at radius 1 is 1.44 bits per heavy atom. The third-order valence-corrected chi connectivity index (χ3v) is 3.42. The summed E-state index contributed by atoms with van der Waals surface area (Å²) in [4.78, 5) is 4.05. The van der Waals surface area contributed by atoms with Crippen LogP contribution < -0.4 is 10.1 Å². The lowest BCUT2D eigenvalue weighted by atomic mass is 9.88. The number of ether oxygens (including phenoxy) is 1. The van der Waals surface area contributed by atoms with E-state index in [-0.39, 0.29) is 5.60 Å². The van der Waals surface area contributed by atoms with Crippen molar-refractivity contribution in [3.8, 4) is 11.8 Å². The summed E-state index contributed by atoms with van der Waals surface area (Å²) in [7, 11) is 0. The Bertz CT molecular complexity index is 458. The number of nitrogens with zero attached hydrogens (tertiary/aromatic N) is 2. The maximum Gasteiger partial charge on any atom is 0.141 e. The van der Waals surface area contributed by atoms with Gasteiger partial charge >= 0.3 is 0 Å². The Labute approximate surface area is 94.2 Å². The number of piperidine rings is 1. The standard InChI is InChI=1S/C12H13N3O/c13-7-10-5-9-6-12(1-3-14-4-2-12)16-11(9)8-15-10/h5,8,14H,1-4,6H2. The molecule has 82 valence electrons.